The first-order chi connectivity index (χ1) is 24.9. The molecule has 9 aromatic rings. The van der Waals surface area contributed by atoms with Crippen LogP contribution in [0.15, 0.2) is 140 Å². The molecule has 0 atom stereocenters. The van der Waals surface area contributed by atoms with E-state index < -0.39 is 0 Å². The number of benzene rings is 7. The number of hydrogen-bond donors (Lipinski definition) is 0. The monoisotopic (exact) mass is 652 g/mol. The quantitative estimate of drug-likeness (QED) is 0.174. The molecule has 0 saturated carbocycles. The lowest BCUT2D eigenvalue weighted by Gasteiger charge is -2.21. The van der Waals surface area contributed by atoms with E-state index in [1.54, 1.807) is 0 Å². The van der Waals surface area contributed by atoms with Gasteiger partial charge in [0.05, 0.1) is 46.0 Å². The zero-order valence-corrected chi connectivity index (χ0v) is 28.6. The molecular weight excluding hydrogens is 621 g/mol. The van der Waals surface area contributed by atoms with Crippen molar-refractivity contribution in [2.45, 2.75) is 20.8 Å². The maximum Gasteiger partial charge on any atom is 0.197 e. The molecule has 51 heavy (non-hydrogen) atoms. The molecule has 0 unspecified atom stereocenters. The van der Waals surface area contributed by atoms with E-state index in [9.17, 15) is 5.26 Å². The van der Waals surface area contributed by atoms with Gasteiger partial charge in [-0.1, -0.05) is 83.9 Å². The molecule has 0 bridgehead atoms. The number of nitriles is 1. The highest BCUT2D eigenvalue weighted by molar-refractivity contribution is 6.12. The highest BCUT2D eigenvalue weighted by atomic mass is 15.0. The maximum atomic E-state index is 9.61. The van der Waals surface area contributed by atoms with Gasteiger partial charge in [-0.15, -0.1) is 0 Å². The lowest BCUT2D eigenvalue weighted by molar-refractivity contribution is 1.16. The fourth-order valence-electron chi connectivity index (χ4n) is 7.93. The average Bonchev–Trinajstić information content (AvgIpc) is 3.66. The molecule has 0 aliphatic rings. The van der Waals surface area contributed by atoms with Crippen LogP contribution in [0.1, 0.15) is 22.3 Å². The summed E-state index contributed by atoms with van der Waals surface area (Å²) in [6.45, 7) is 14.8. The van der Waals surface area contributed by atoms with Gasteiger partial charge in [0.2, 0.25) is 0 Å². The molecule has 0 spiro atoms. The Bertz CT molecular complexity index is 2980. The Labute approximate surface area is 296 Å². The minimum Gasteiger partial charge on any atom is -0.310 e. The predicted molar refractivity (Wildman–Crippen MR) is 211 cm³/mol. The smallest absolute Gasteiger partial charge is 0.197 e. The second-order valence-electron chi connectivity index (χ2n) is 13.4. The molecule has 2 heterocycles. The van der Waals surface area contributed by atoms with E-state index >= 15 is 0 Å². The summed E-state index contributed by atoms with van der Waals surface area (Å²) in [6.07, 6.45) is 0. The summed E-state index contributed by atoms with van der Waals surface area (Å²) in [5.74, 6) is 0. The van der Waals surface area contributed by atoms with Crippen molar-refractivity contribution in [1.82, 2.24) is 9.13 Å². The molecule has 0 aliphatic carbocycles. The Kier molecular flexibility index (Phi) is 6.88. The first-order valence-electron chi connectivity index (χ1n) is 17.1. The van der Waals surface area contributed by atoms with Gasteiger partial charge >= 0.3 is 0 Å². The van der Waals surface area contributed by atoms with E-state index in [2.05, 4.69) is 150 Å². The summed E-state index contributed by atoms with van der Waals surface area (Å²) in [4.78, 5) is 4.18. The third kappa shape index (κ3) is 4.66. The SMILES string of the molecule is [C-]#[N+]c1cccc(-n2c3ccccc3c3cc(C)ccc32)c1-c1cc(-c2ccc(C#N)cc2C)ccc1-n1c2ccccc2c2cc(C)ccc21. The molecular formula is C47H32N4. The maximum absolute atomic E-state index is 9.61. The molecule has 0 saturated heterocycles. The summed E-state index contributed by atoms with van der Waals surface area (Å²) in [6, 6.07) is 51.2. The fraction of sp³-hybridized carbons (Fsp3) is 0.0638. The van der Waals surface area contributed by atoms with Crippen molar-refractivity contribution in [3.63, 3.8) is 0 Å². The zero-order chi connectivity index (χ0) is 34.8. The van der Waals surface area contributed by atoms with Crippen molar-refractivity contribution < 1.29 is 0 Å². The molecule has 0 fully saturated rings. The summed E-state index contributed by atoms with van der Waals surface area (Å²) in [5, 5.41) is 14.4. The van der Waals surface area contributed by atoms with Crippen LogP contribution >= 0.6 is 0 Å². The van der Waals surface area contributed by atoms with Gasteiger partial charge in [0, 0.05) is 32.8 Å². The van der Waals surface area contributed by atoms with Crippen LogP contribution < -0.4 is 0 Å². The molecule has 240 valence electrons. The summed E-state index contributed by atoms with van der Waals surface area (Å²) in [5.41, 5.74) is 14.9. The number of nitrogens with zero attached hydrogens (tertiary/aromatic N) is 4. The number of fused-ring (bicyclic) bond motifs is 6. The van der Waals surface area contributed by atoms with E-state index in [-0.39, 0.29) is 0 Å². The molecule has 9 rings (SSSR count). The number of aryl methyl sites for hydroxylation is 3. The second-order valence-corrected chi connectivity index (χ2v) is 13.4. The van der Waals surface area contributed by atoms with Crippen molar-refractivity contribution in [2.75, 3.05) is 0 Å². The Morgan fingerprint density at radius 1 is 0.529 bits per heavy atom. The van der Waals surface area contributed by atoms with Crippen molar-refractivity contribution >= 4 is 49.3 Å². The molecule has 7 aromatic carbocycles. The Morgan fingerprint density at radius 2 is 1.14 bits per heavy atom. The molecule has 4 heteroatoms. The molecule has 4 nitrogen and oxygen atoms in total. The highest BCUT2D eigenvalue weighted by Crippen LogP contribution is 2.46. The summed E-state index contributed by atoms with van der Waals surface area (Å²) in [7, 11) is 0. The summed E-state index contributed by atoms with van der Waals surface area (Å²) >= 11 is 0. The van der Waals surface area contributed by atoms with Gasteiger partial charge in [0.15, 0.2) is 5.69 Å². The van der Waals surface area contributed by atoms with Crippen LogP contribution in [0.3, 0.4) is 0 Å². The zero-order valence-electron chi connectivity index (χ0n) is 28.6. The summed E-state index contributed by atoms with van der Waals surface area (Å²) < 4.78 is 4.68. The van der Waals surface area contributed by atoms with Gasteiger partial charge in [0.1, 0.15) is 0 Å². The number of rotatable bonds is 4. The Morgan fingerprint density at radius 3 is 1.75 bits per heavy atom. The Balaban J connectivity index is 1.44. The van der Waals surface area contributed by atoms with E-state index in [1.165, 1.54) is 32.7 Å². The first-order valence-corrected chi connectivity index (χ1v) is 17.1. The normalized spacial score (nSPS) is 11.4. The van der Waals surface area contributed by atoms with E-state index in [1.807, 2.05) is 30.3 Å². The van der Waals surface area contributed by atoms with Crippen molar-refractivity contribution in [1.29, 1.82) is 5.26 Å². The molecule has 0 radical (unpaired) electrons. The second kappa shape index (κ2) is 11.6. The van der Waals surface area contributed by atoms with Crippen LogP contribution in [-0.2, 0) is 0 Å². The first kappa shape index (κ1) is 30.2. The number of para-hydroxylation sites is 2. The van der Waals surface area contributed by atoms with Crippen LogP contribution in [0.5, 0.6) is 0 Å². The largest absolute Gasteiger partial charge is 0.310 e. The highest BCUT2D eigenvalue weighted by Gasteiger charge is 2.23. The van der Waals surface area contributed by atoms with Crippen LogP contribution in [0.4, 0.5) is 5.69 Å². The third-order valence-electron chi connectivity index (χ3n) is 10.2. The van der Waals surface area contributed by atoms with Gasteiger partial charge in [-0.25, -0.2) is 4.85 Å². The van der Waals surface area contributed by atoms with Crippen LogP contribution in [0, 0.1) is 38.7 Å². The van der Waals surface area contributed by atoms with Gasteiger partial charge < -0.3 is 9.13 Å². The van der Waals surface area contributed by atoms with Crippen molar-refractivity contribution in [3.8, 4) is 39.7 Å². The number of hydrogen-bond acceptors (Lipinski definition) is 1. The van der Waals surface area contributed by atoms with Crippen molar-refractivity contribution in [2.24, 2.45) is 0 Å². The lowest BCUT2D eigenvalue weighted by atomic mass is 9.92. The predicted octanol–water partition coefficient (Wildman–Crippen LogP) is 12.6. The molecule has 0 N–H and O–H groups in total. The van der Waals surface area contributed by atoms with Crippen molar-refractivity contribution in [3.05, 3.63) is 173 Å². The van der Waals surface area contributed by atoms with Gasteiger partial charge in [0.25, 0.3) is 0 Å². The van der Waals surface area contributed by atoms with Gasteiger partial charge in [-0.3, -0.25) is 0 Å². The average molecular weight is 653 g/mol. The third-order valence-corrected chi connectivity index (χ3v) is 10.2. The number of aromatic nitrogens is 2. The minimum absolute atomic E-state index is 0.581. The van der Waals surface area contributed by atoms with E-state index in [4.69, 9.17) is 6.57 Å². The van der Waals surface area contributed by atoms with E-state index in [0.717, 1.165) is 61.3 Å². The van der Waals surface area contributed by atoms with Crippen LogP contribution in [0.2, 0.25) is 0 Å². The van der Waals surface area contributed by atoms with Gasteiger partial charge in [-0.05, 0) is 110 Å². The standard InChI is InChI=1S/C47H32N4/c1-29-16-21-43-37(24-29)35-10-5-7-13-41(35)50(43)45-23-19-33(34-20-18-32(28-48)26-31(34)3)27-39(45)47-40(49-4)12-9-15-46(47)51-42-14-8-6-11-36(42)38-25-30(2)17-22-44(38)51/h5-27H,1-3H3. The van der Waals surface area contributed by atoms with Crippen LogP contribution in [-0.4, -0.2) is 9.13 Å². The minimum atomic E-state index is 0.581. The molecule has 0 aliphatic heterocycles. The lowest BCUT2D eigenvalue weighted by Crippen LogP contribution is -2.02. The molecule has 2 aromatic heterocycles. The topological polar surface area (TPSA) is 38.0 Å². The fourth-order valence-corrected chi connectivity index (χ4v) is 7.93. The van der Waals surface area contributed by atoms with Gasteiger partial charge in [-0.2, -0.15) is 5.26 Å². The Hall–Kier alpha value is -6.88. The van der Waals surface area contributed by atoms with Crippen LogP contribution in [0.25, 0.3) is 82.1 Å². The molecule has 0 amide bonds. The van der Waals surface area contributed by atoms with E-state index in [0.29, 0.717) is 11.3 Å².